The molecule has 0 aliphatic carbocycles. The van der Waals surface area contributed by atoms with Crippen LogP contribution in [0.1, 0.15) is 39.2 Å². The van der Waals surface area contributed by atoms with Crippen molar-refractivity contribution in [2.75, 3.05) is 0 Å². The molecule has 1 aromatic carbocycles. The molecule has 1 aliphatic heterocycles. The fourth-order valence-corrected chi connectivity index (χ4v) is 2.11. The minimum absolute atomic E-state index is 0.0958. The van der Waals surface area contributed by atoms with Crippen molar-refractivity contribution in [3.8, 4) is 0 Å². The van der Waals surface area contributed by atoms with Crippen molar-refractivity contribution in [3.05, 3.63) is 29.8 Å². The van der Waals surface area contributed by atoms with Gasteiger partial charge in [0.1, 0.15) is 5.78 Å². The van der Waals surface area contributed by atoms with Crippen LogP contribution >= 0.6 is 0 Å². The molecule has 1 aliphatic rings. The highest BCUT2D eigenvalue weighted by molar-refractivity contribution is 6.10. The molecule has 0 fully saturated rings. The molecule has 16 heavy (non-hydrogen) atoms. The predicted molar refractivity (Wildman–Crippen MR) is 66.5 cm³/mol. The maximum absolute atomic E-state index is 11.5. The van der Waals surface area contributed by atoms with Crippen molar-refractivity contribution >= 4 is 17.2 Å². The number of carbonyl (C=O) groups is 1. The molecule has 0 bridgehead atoms. The van der Waals surface area contributed by atoms with E-state index in [4.69, 9.17) is 0 Å². The summed E-state index contributed by atoms with van der Waals surface area (Å²) in [4.78, 5) is 16.1. The van der Waals surface area contributed by atoms with E-state index in [2.05, 4.69) is 24.9 Å². The van der Waals surface area contributed by atoms with Gasteiger partial charge in [0.25, 0.3) is 0 Å². The number of Topliss-reactive ketones (excluding diaryl/α,β-unsaturated/α-hetero) is 1. The molecule has 0 aromatic heterocycles. The molecule has 0 saturated carbocycles. The monoisotopic (exact) mass is 215 g/mol. The third kappa shape index (κ3) is 1.69. The first kappa shape index (κ1) is 11.1. The second-order valence-electron chi connectivity index (χ2n) is 4.77. The number of fused-ring (bicyclic) bond motifs is 1. The Bertz CT molecular complexity index is 458. The lowest BCUT2D eigenvalue weighted by Crippen LogP contribution is -2.27. The summed E-state index contributed by atoms with van der Waals surface area (Å²) in [6, 6.07) is 8.13. The van der Waals surface area contributed by atoms with Gasteiger partial charge in [-0.15, -0.1) is 0 Å². The van der Waals surface area contributed by atoms with Gasteiger partial charge in [0, 0.05) is 24.0 Å². The summed E-state index contributed by atoms with van der Waals surface area (Å²) in [5.74, 6) is 0.264. The van der Waals surface area contributed by atoms with Crippen LogP contribution in [0.25, 0.3) is 0 Å². The number of nitrogens with zero attached hydrogens (tertiary/aromatic N) is 1. The van der Waals surface area contributed by atoms with Crippen LogP contribution in [0.4, 0.5) is 5.69 Å². The lowest BCUT2D eigenvalue weighted by Gasteiger charge is -2.21. The number of ketones is 1. The summed E-state index contributed by atoms with van der Waals surface area (Å²) >= 11 is 0. The Hall–Kier alpha value is -1.44. The smallest absolute Gasteiger partial charge is 0.138 e. The zero-order valence-corrected chi connectivity index (χ0v) is 10.1. The van der Waals surface area contributed by atoms with Gasteiger partial charge < -0.3 is 0 Å². The van der Waals surface area contributed by atoms with Crippen LogP contribution in [0.15, 0.2) is 29.3 Å². The Morgan fingerprint density at radius 2 is 2.00 bits per heavy atom. The average Bonchev–Trinajstić information content (AvgIpc) is 2.52. The molecule has 1 aromatic rings. The molecular formula is C14H17NO. The van der Waals surface area contributed by atoms with E-state index in [0.29, 0.717) is 12.8 Å². The molecule has 0 spiro atoms. The molecule has 0 unspecified atom stereocenters. The van der Waals surface area contributed by atoms with E-state index in [1.807, 2.05) is 25.1 Å². The highest BCUT2D eigenvalue weighted by Crippen LogP contribution is 2.40. The van der Waals surface area contributed by atoms with Crippen LogP contribution in [-0.4, -0.2) is 11.5 Å². The van der Waals surface area contributed by atoms with Crippen molar-refractivity contribution < 1.29 is 4.79 Å². The minimum Gasteiger partial charge on any atom is -0.299 e. The normalized spacial score (nSPS) is 16.8. The molecular weight excluding hydrogens is 198 g/mol. The van der Waals surface area contributed by atoms with Gasteiger partial charge in [0.15, 0.2) is 0 Å². The van der Waals surface area contributed by atoms with E-state index in [-0.39, 0.29) is 11.2 Å². The fraction of sp³-hybridized carbons (Fsp3) is 0.429. The quantitative estimate of drug-likeness (QED) is 0.759. The topological polar surface area (TPSA) is 29.4 Å². The Balaban J connectivity index is 2.35. The number of rotatable bonds is 3. The second-order valence-corrected chi connectivity index (χ2v) is 4.77. The lowest BCUT2D eigenvalue weighted by atomic mass is 9.80. The summed E-state index contributed by atoms with van der Waals surface area (Å²) < 4.78 is 0. The number of hydrogen-bond acceptors (Lipinski definition) is 2. The molecule has 0 N–H and O–H groups in total. The Kier molecular flexibility index (Phi) is 2.66. The van der Waals surface area contributed by atoms with Gasteiger partial charge in [-0.25, -0.2) is 0 Å². The maximum atomic E-state index is 11.5. The summed E-state index contributed by atoms with van der Waals surface area (Å²) in [6.07, 6.45) is 1.07. The third-order valence-corrected chi connectivity index (χ3v) is 3.31. The molecule has 2 rings (SSSR count). The van der Waals surface area contributed by atoms with Crippen LogP contribution in [0.2, 0.25) is 0 Å². The number of benzene rings is 1. The van der Waals surface area contributed by atoms with Gasteiger partial charge in [-0.1, -0.05) is 39.0 Å². The Labute approximate surface area is 96.4 Å². The molecule has 0 amide bonds. The Morgan fingerprint density at radius 1 is 1.31 bits per heavy atom. The van der Waals surface area contributed by atoms with E-state index in [9.17, 15) is 4.79 Å². The number of para-hydroxylation sites is 1. The first-order chi connectivity index (χ1) is 7.55. The van der Waals surface area contributed by atoms with Crippen molar-refractivity contribution in [2.45, 2.75) is 39.0 Å². The number of carbonyl (C=O) groups excluding carboxylic acids is 1. The van der Waals surface area contributed by atoms with Crippen LogP contribution in [0, 0.1) is 0 Å². The van der Waals surface area contributed by atoms with Crippen LogP contribution in [0.3, 0.4) is 0 Å². The number of aliphatic imine (C=N–C) groups is 1. The van der Waals surface area contributed by atoms with Crippen molar-refractivity contribution in [3.63, 3.8) is 0 Å². The standard InChI is InChI=1S/C14H17NO/c1-4-10(16)9-13-14(2,3)11-7-5-6-8-12(11)15-13/h5-8H,4,9H2,1-3H3. The van der Waals surface area contributed by atoms with Crippen LogP contribution in [0.5, 0.6) is 0 Å². The summed E-state index contributed by atoms with van der Waals surface area (Å²) in [6.45, 7) is 6.18. The first-order valence-corrected chi connectivity index (χ1v) is 5.75. The van der Waals surface area contributed by atoms with Gasteiger partial charge in [-0.3, -0.25) is 9.79 Å². The maximum Gasteiger partial charge on any atom is 0.138 e. The fourth-order valence-electron chi connectivity index (χ4n) is 2.11. The Morgan fingerprint density at radius 3 is 2.62 bits per heavy atom. The van der Waals surface area contributed by atoms with E-state index < -0.39 is 0 Å². The van der Waals surface area contributed by atoms with Gasteiger partial charge in [0.05, 0.1) is 5.69 Å². The minimum atomic E-state index is -0.0958. The predicted octanol–water partition coefficient (Wildman–Crippen LogP) is 3.42. The van der Waals surface area contributed by atoms with Crippen LogP contribution < -0.4 is 0 Å². The van der Waals surface area contributed by atoms with E-state index in [1.54, 1.807) is 0 Å². The molecule has 1 heterocycles. The molecule has 2 nitrogen and oxygen atoms in total. The van der Waals surface area contributed by atoms with Gasteiger partial charge in [-0.05, 0) is 11.6 Å². The van der Waals surface area contributed by atoms with Crippen molar-refractivity contribution in [1.29, 1.82) is 0 Å². The molecule has 84 valence electrons. The largest absolute Gasteiger partial charge is 0.299 e. The zero-order chi connectivity index (χ0) is 11.8. The number of hydrogen-bond donors (Lipinski definition) is 0. The van der Waals surface area contributed by atoms with Crippen molar-refractivity contribution in [1.82, 2.24) is 0 Å². The lowest BCUT2D eigenvalue weighted by molar-refractivity contribution is -0.117. The van der Waals surface area contributed by atoms with E-state index >= 15 is 0 Å². The molecule has 0 radical (unpaired) electrons. The molecule has 0 atom stereocenters. The average molecular weight is 215 g/mol. The summed E-state index contributed by atoms with van der Waals surface area (Å²) in [7, 11) is 0. The van der Waals surface area contributed by atoms with E-state index in [0.717, 1.165) is 11.4 Å². The SMILES string of the molecule is CCC(=O)CC1=Nc2ccccc2C1(C)C. The summed E-state index contributed by atoms with van der Waals surface area (Å²) in [5.41, 5.74) is 3.15. The van der Waals surface area contributed by atoms with Gasteiger partial charge in [-0.2, -0.15) is 0 Å². The van der Waals surface area contributed by atoms with Gasteiger partial charge >= 0.3 is 0 Å². The third-order valence-electron chi connectivity index (χ3n) is 3.31. The molecule has 2 heteroatoms. The first-order valence-electron chi connectivity index (χ1n) is 5.75. The van der Waals surface area contributed by atoms with Crippen molar-refractivity contribution in [2.24, 2.45) is 4.99 Å². The highest BCUT2D eigenvalue weighted by Gasteiger charge is 2.34. The zero-order valence-electron chi connectivity index (χ0n) is 10.1. The summed E-state index contributed by atoms with van der Waals surface area (Å²) in [5, 5.41) is 0. The van der Waals surface area contributed by atoms with E-state index in [1.165, 1.54) is 5.56 Å². The van der Waals surface area contributed by atoms with Crippen LogP contribution in [-0.2, 0) is 10.2 Å². The highest BCUT2D eigenvalue weighted by atomic mass is 16.1. The van der Waals surface area contributed by atoms with Gasteiger partial charge in [0.2, 0.25) is 0 Å². The molecule has 0 saturated heterocycles. The second kappa shape index (κ2) is 3.85.